The number of thioether (sulfide) groups is 1. The fourth-order valence-corrected chi connectivity index (χ4v) is 5.58. The Hall–Kier alpha value is -3.23. The average molecular weight is 561 g/mol. The number of allylic oxidation sites excluding steroid dienone is 6. The van der Waals surface area contributed by atoms with Crippen LogP contribution in [0.25, 0.3) is 17.8 Å². The van der Waals surface area contributed by atoms with Crippen LogP contribution in [0.2, 0.25) is 0 Å². The molecule has 1 aromatic carbocycles. The highest BCUT2D eigenvalue weighted by atomic mass is 35.5. The minimum absolute atomic E-state index is 0.0885. The van der Waals surface area contributed by atoms with Crippen molar-refractivity contribution < 1.29 is 4.74 Å². The first-order chi connectivity index (χ1) is 19.0. The Morgan fingerprint density at radius 2 is 2.08 bits per heavy atom. The van der Waals surface area contributed by atoms with Gasteiger partial charge in [-0.15, -0.1) is 11.8 Å². The maximum Gasteiger partial charge on any atom is 0.272 e. The summed E-state index contributed by atoms with van der Waals surface area (Å²) in [5.74, 6) is 0.666. The number of rotatable bonds is 11. The van der Waals surface area contributed by atoms with Gasteiger partial charge in [0.1, 0.15) is 6.33 Å². The van der Waals surface area contributed by atoms with E-state index in [1.54, 1.807) is 23.0 Å². The number of fused-ring (bicyclic) bond motifs is 1. The van der Waals surface area contributed by atoms with E-state index >= 15 is 0 Å². The van der Waals surface area contributed by atoms with Gasteiger partial charge in [-0.3, -0.25) is 19.3 Å². The zero-order valence-electron chi connectivity index (χ0n) is 22.0. The molecule has 0 spiro atoms. The fourth-order valence-electron chi connectivity index (χ4n) is 4.44. The molecule has 1 aromatic heterocycles. The van der Waals surface area contributed by atoms with E-state index in [0.29, 0.717) is 27.8 Å². The van der Waals surface area contributed by atoms with Crippen LogP contribution in [0, 0.1) is 0 Å². The van der Waals surface area contributed by atoms with Crippen molar-refractivity contribution in [3.8, 4) is 5.69 Å². The first-order valence-corrected chi connectivity index (χ1v) is 14.2. The van der Waals surface area contributed by atoms with Gasteiger partial charge in [-0.25, -0.2) is 4.98 Å². The second kappa shape index (κ2) is 14.2. The lowest BCUT2D eigenvalue weighted by molar-refractivity contribution is 0.0387. The van der Waals surface area contributed by atoms with Crippen molar-refractivity contribution in [2.75, 3.05) is 38.6 Å². The van der Waals surface area contributed by atoms with Gasteiger partial charge in [0.15, 0.2) is 0 Å². The van der Waals surface area contributed by atoms with Crippen molar-refractivity contribution in [1.29, 1.82) is 0 Å². The number of morpholine rings is 1. The van der Waals surface area contributed by atoms with E-state index < -0.39 is 0 Å². The summed E-state index contributed by atoms with van der Waals surface area (Å²) in [6.45, 7) is 15.8. The number of aromatic nitrogens is 2. The number of halogens is 1. The lowest BCUT2D eigenvalue weighted by atomic mass is 10.0. The summed E-state index contributed by atoms with van der Waals surface area (Å²) in [5, 5.41) is 0.482. The summed E-state index contributed by atoms with van der Waals surface area (Å²) in [4.78, 5) is 25.3. The molecule has 0 aliphatic carbocycles. The van der Waals surface area contributed by atoms with Crippen molar-refractivity contribution >= 4 is 47.9 Å². The number of benzene rings is 1. The number of nitrogens with zero attached hydrogens (tertiary/aromatic N) is 4. The highest BCUT2D eigenvalue weighted by Gasteiger charge is 2.19. The van der Waals surface area contributed by atoms with Crippen LogP contribution < -0.4 is 5.56 Å². The summed E-state index contributed by atoms with van der Waals surface area (Å²) in [6.07, 6.45) is 16.9. The number of hydrogen-bond acceptors (Lipinski definition) is 6. The summed E-state index contributed by atoms with van der Waals surface area (Å²) in [6, 6.07) is 5.72. The van der Waals surface area contributed by atoms with Crippen LogP contribution in [0.5, 0.6) is 0 Å². The molecule has 6 nitrogen and oxygen atoms in total. The summed E-state index contributed by atoms with van der Waals surface area (Å²) < 4.78 is 7.02. The molecule has 39 heavy (non-hydrogen) atoms. The average Bonchev–Trinajstić information content (AvgIpc) is 2.95. The predicted octanol–water partition coefficient (Wildman–Crippen LogP) is 6.60. The molecular formula is C31H33ClN4O2S. The Labute approximate surface area is 239 Å². The molecule has 1 fully saturated rings. The highest BCUT2D eigenvalue weighted by molar-refractivity contribution is 7.99. The summed E-state index contributed by atoms with van der Waals surface area (Å²) in [7, 11) is 0. The van der Waals surface area contributed by atoms with Crippen LogP contribution in [0.4, 0.5) is 5.69 Å². The largest absolute Gasteiger partial charge is 0.379 e. The Kier molecular flexibility index (Phi) is 10.5. The predicted molar refractivity (Wildman–Crippen MR) is 166 cm³/mol. The minimum Gasteiger partial charge on any atom is -0.379 e. The first kappa shape index (κ1) is 28.8. The van der Waals surface area contributed by atoms with Crippen molar-refractivity contribution in [2.45, 2.75) is 17.7 Å². The molecular weight excluding hydrogens is 528 g/mol. The van der Waals surface area contributed by atoms with Gasteiger partial charge in [0.25, 0.3) is 5.56 Å². The van der Waals surface area contributed by atoms with Gasteiger partial charge in [-0.2, -0.15) is 0 Å². The molecule has 2 aromatic rings. The van der Waals surface area contributed by atoms with E-state index in [2.05, 4.69) is 46.9 Å². The third-order valence-corrected chi connectivity index (χ3v) is 7.74. The third kappa shape index (κ3) is 7.67. The molecule has 0 bridgehead atoms. The molecule has 8 heteroatoms. The molecule has 4 rings (SSSR count). The van der Waals surface area contributed by atoms with E-state index in [1.165, 1.54) is 11.8 Å². The second-order valence-corrected chi connectivity index (χ2v) is 10.6. The van der Waals surface area contributed by atoms with Gasteiger partial charge in [-0.1, -0.05) is 55.1 Å². The molecule has 1 saturated heterocycles. The van der Waals surface area contributed by atoms with Crippen LogP contribution in [0.1, 0.15) is 24.1 Å². The number of aliphatic imine (C=N–C) groups is 1. The normalized spacial score (nSPS) is 16.3. The van der Waals surface area contributed by atoms with Crippen LogP contribution in [0.15, 0.2) is 98.9 Å². The van der Waals surface area contributed by atoms with Crippen molar-refractivity contribution in [3.63, 3.8) is 0 Å². The van der Waals surface area contributed by atoms with E-state index in [-0.39, 0.29) is 5.56 Å². The van der Waals surface area contributed by atoms with Crippen LogP contribution >= 0.6 is 23.4 Å². The lowest BCUT2D eigenvalue weighted by Gasteiger charge is -2.25. The molecule has 0 saturated carbocycles. The standard InChI is InChI=1S/C31H33ClN4O2S/c1-4-8-24(11-7-9-23(2)32)26-20-29-30(39-21-26)31(37)36(22-34-29)27-12-13-28(33-3)25(19-27)10-5-6-14-35-15-17-38-18-16-35/h4-5,7-10,12-13,19-20,22H,1-3,6,11,14-18,21H2/b9-7-,10-5-,24-8+. The van der Waals surface area contributed by atoms with E-state index in [4.69, 9.17) is 16.3 Å². The monoisotopic (exact) mass is 560 g/mol. The van der Waals surface area contributed by atoms with E-state index in [0.717, 1.165) is 67.4 Å². The Bertz CT molecular complexity index is 1410. The fraction of sp³-hybridized carbons (Fsp3) is 0.258. The van der Waals surface area contributed by atoms with Gasteiger partial charge in [0.05, 0.1) is 35.2 Å². The minimum atomic E-state index is -0.0885. The summed E-state index contributed by atoms with van der Waals surface area (Å²) >= 11 is 7.36. The van der Waals surface area contributed by atoms with Crippen molar-refractivity contribution in [3.05, 3.63) is 106 Å². The smallest absolute Gasteiger partial charge is 0.272 e. The van der Waals surface area contributed by atoms with Gasteiger partial charge < -0.3 is 4.74 Å². The molecule has 2 aliphatic heterocycles. The topological polar surface area (TPSA) is 59.7 Å². The van der Waals surface area contributed by atoms with Crippen LogP contribution in [-0.4, -0.2) is 59.8 Å². The SMILES string of the molecule is C=C/C=C(\C/C=C\C(=C)Cl)C1=Cc2ncn(-c3ccc(N=C)c(/C=C\CCN4CCOCC4)c3)c(=O)c2SC1. The molecule has 0 radical (unpaired) electrons. The summed E-state index contributed by atoms with van der Waals surface area (Å²) in [5.41, 5.74) is 5.22. The molecule has 0 amide bonds. The molecule has 3 heterocycles. The lowest BCUT2D eigenvalue weighted by Crippen LogP contribution is -2.36. The Morgan fingerprint density at radius 1 is 1.26 bits per heavy atom. The molecule has 0 N–H and O–H groups in total. The van der Waals surface area contributed by atoms with E-state index in [1.807, 2.05) is 36.4 Å². The molecule has 0 atom stereocenters. The quantitative estimate of drug-likeness (QED) is 0.229. The van der Waals surface area contributed by atoms with Crippen LogP contribution in [-0.2, 0) is 4.74 Å². The van der Waals surface area contributed by atoms with E-state index in [9.17, 15) is 4.79 Å². The Morgan fingerprint density at radius 3 is 2.82 bits per heavy atom. The van der Waals surface area contributed by atoms with Gasteiger partial charge in [0, 0.05) is 36.0 Å². The maximum absolute atomic E-state index is 13.5. The molecule has 202 valence electrons. The molecule has 2 aliphatic rings. The third-order valence-electron chi connectivity index (χ3n) is 6.48. The first-order valence-electron chi connectivity index (χ1n) is 12.9. The Balaban J connectivity index is 1.56. The van der Waals surface area contributed by atoms with Crippen molar-refractivity contribution in [2.24, 2.45) is 4.99 Å². The zero-order valence-corrected chi connectivity index (χ0v) is 23.6. The number of hydrogen-bond donors (Lipinski definition) is 0. The van der Waals surface area contributed by atoms with Gasteiger partial charge in [0.2, 0.25) is 0 Å². The van der Waals surface area contributed by atoms with Gasteiger partial charge in [-0.05, 0) is 61.1 Å². The van der Waals surface area contributed by atoms with Gasteiger partial charge >= 0.3 is 0 Å². The maximum atomic E-state index is 13.5. The molecule has 0 unspecified atom stereocenters. The van der Waals surface area contributed by atoms with Crippen molar-refractivity contribution in [1.82, 2.24) is 14.5 Å². The highest BCUT2D eigenvalue weighted by Crippen LogP contribution is 2.33. The second-order valence-electron chi connectivity index (χ2n) is 9.12. The number of ether oxygens (including phenoxy) is 1. The van der Waals surface area contributed by atoms with Crippen LogP contribution in [0.3, 0.4) is 0 Å². The zero-order chi connectivity index (χ0) is 27.6.